The van der Waals surface area contributed by atoms with Gasteiger partial charge in [-0.05, 0) is 36.8 Å². The molecule has 2 aromatic carbocycles. The van der Waals surface area contributed by atoms with Crippen LogP contribution in [0.4, 0.5) is 4.39 Å². The molecule has 0 atom stereocenters. The van der Waals surface area contributed by atoms with Crippen molar-refractivity contribution in [2.75, 3.05) is 26.8 Å². The summed E-state index contributed by atoms with van der Waals surface area (Å²) >= 11 is 0. The summed E-state index contributed by atoms with van der Waals surface area (Å²) in [7, 11) is 1.69. The van der Waals surface area contributed by atoms with Gasteiger partial charge in [-0.1, -0.05) is 24.3 Å². The second kappa shape index (κ2) is 12.3. The van der Waals surface area contributed by atoms with Crippen molar-refractivity contribution in [1.29, 1.82) is 0 Å². The Hall–Kier alpha value is -2.03. The van der Waals surface area contributed by atoms with E-state index in [1.807, 2.05) is 43.3 Å². The SMILES string of the molecule is CCOc1ccc(CNC(=NC)NCCOc2ccccc2)cc1F.I. The fourth-order valence-electron chi connectivity index (χ4n) is 2.19. The van der Waals surface area contributed by atoms with Gasteiger partial charge in [-0.15, -0.1) is 24.0 Å². The second-order valence-corrected chi connectivity index (χ2v) is 5.21. The van der Waals surface area contributed by atoms with Crippen LogP contribution in [0.1, 0.15) is 12.5 Å². The van der Waals surface area contributed by atoms with Crippen LogP contribution >= 0.6 is 24.0 Å². The maximum atomic E-state index is 13.8. The first kappa shape index (κ1) is 22.0. The van der Waals surface area contributed by atoms with Gasteiger partial charge in [0.15, 0.2) is 17.5 Å². The molecule has 0 heterocycles. The van der Waals surface area contributed by atoms with Crippen molar-refractivity contribution >= 4 is 29.9 Å². The first-order valence-electron chi connectivity index (χ1n) is 8.26. The van der Waals surface area contributed by atoms with E-state index in [0.717, 1.165) is 11.3 Å². The molecular weight excluding hydrogens is 448 g/mol. The van der Waals surface area contributed by atoms with Gasteiger partial charge in [-0.3, -0.25) is 4.99 Å². The molecule has 0 aromatic heterocycles. The molecule has 7 heteroatoms. The number of halogens is 2. The number of guanidine groups is 1. The van der Waals surface area contributed by atoms with E-state index in [1.165, 1.54) is 6.07 Å². The highest BCUT2D eigenvalue weighted by Crippen LogP contribution is 2.18. The zero-order chi connectivity index (χ0) is 17.9. The van der Waals surface area contributed by atoms with E-state index in [1.54, 1.807) is 13.1 Å². The predicted octanol–water partition coefficient (Wildman–Crippen LogP) is 3.59. The van der Waals surface area contributed by atoms with Crippen molar-refractivity contribution in [2.24, 2.45) is 4.99 Å². The van der Waals surface area contributed by atoms with Crippen molar-refractivity contribution in [1.82, 2.24) is 10.6 Å². The van der Waals surface area contributed by atoms with Crippen molar-refractivity contribution < 1.29 is 13.9 Å². The maximum Gasteiger partial charge on any atom is 0.191 e. The molecule has 142 valence electrons. The third kappa shape index (κ3) is 7.47. The van der Waals surface area contributed by atoms with Crippen LogP contribution < -0.4 is 20.1 Å². The zero-order valence-corrected chi connectivity index (χ0v) is 17.3. The van der Waals surface area contributed by atoms with Crippen molar-refractivity contribution in [3.63, 3.8) is 0 Å². The first-order valence-corrected chi connectivity index (χ1v) is 8.26. The molecule has 0 aliphatic rings. The molecule has 0 amide bonds. The molecule has 2 rings (SSSR count). The smallest absolute Gasteiger partial charge is 0.191 e. The van der Waals surface area contributed by atoms with Gasteiger partial charge in [0.25, 0.3) is 0 Å². The summed E-state index contributed by atoms with van der Waals surface area (Å²) in [6, 6.07) is 14.6. The third-order valence-electron chi connectivity index (χ3n) is 3.39. The van der Waals surface area contributed by atoms with Crippen LogP contribution in [0, 0.1) is 5.82 Å². The molecule has 2 aromatic rings. The van der Waals surface area contributed by atoms with Crippen LogP contribution in [0.3, 0.4) is 0 Å². The number of nitrogens with one attached hydrogen (secondary N) is 2. The van der Waals surface area contributed by atoms with Crippen LogP contribution in [0.5, 0.6) is 11.5 Å². The minimum Gasteiger partial charge on any atom is -0.492 e. The average molecular weight is 473 g/mol. The molecule has 5 nitrogen and oxygen atoms in total. The highest BCUT2D eigenvalue weighted by Gasteiger charge is 2.05. The molecular formula is C19H25FIN3O2. The van der Waals surface area contributed by atoms with Crippen LogP contribution in [-0.2, 0) is 6.54 Å². The first-order chi connectivity index (χ1) is 12.2. The molecule has 0 saturated heterocycles. The van der Waals surface area contributed by atoms with Crippen LogP contribution in [0.2, 0.25) is 0 Å². The topological polar surface area (TPSA) is 54.9 Å². The summed E-state index contributed by atoms with van der Waals surface area (Å²) in [5.74, 6) is 1.37. The van der Waals surface area contributed by atoms with Crippen LogP contribution in [-0.4, -0.2) is 32.8 Å². The summed E-state index contributed by atoms with van der Waals surface area (Å²) in [6.07, 6.45) is 0. The number of hydrogen-bond donors (Lipinski definition) is 2. The Bertz CT molecular complexity index is 684. The van der Waals surface area contributed by atoms with E-state index in [4.69, 9.17) is 9.47 Å². The molecule has 0 spiro atoms. The maximum absolute atomic E-state index is 13.8. The van der Waals surface area contributed by atoms with E-state index in [-0.39, 0.29) is 35.5 Å². The lowest BCUT2D eigenvalue weighted by molar-refractivity contribution is 0.321. The Morgan fingerprint density at radius 3 is 2.50 bits per heavy atom. The fraction of sp³-hybridized carbons (Fsp3) is 0.316. The Labute approximate surface area is 171 Å². The lowest BCUT2D eigenvalue weighted by atomic mass is 10.2. The summed E-state index contributed by atoms with van der Waals surface area (Å²) in [4.78, 5) is 4.14. The summed E-state index contributed by atoms with van der Waals surface area (Å²) in [5.41, 5.74) is 0.810. The molecule has 0 saturated carbocycles. The minimum atomic E-state index is -0.361. The van der Waals surface area contributed by atoms with Gasteiger partial charge in [0.2, 0.25) is 0 Å². The van der Waals surface area contributed by atoms with Gasteiger partial charge in [-0.2, -0.15) is 0 Å². The lowest BCUT2D eigenvalue weighted by Gasteiger charge is -2.13. The zero-order valence-electron chi connectivity index (χ0n) is 15.0. The Kier molecular flexibility index (Phi) is 10.5. The van der Waals surface area contributed by atoms with Crippen molar-refractivity contribution in [3.05, 3.63) is 59.9 Å². The highest BCUT2D eigenvalue weighted by molar-refractivity contribution is 14.0. The highest BCUT2D eigenvalue weighted by atomic mass is 127. The van der Waals surface area contributed by atoms with Gasteiger partial charge >= 0.3 is 0 Å². The monoisotopic (exact) mass is 473 g/mol. The number of ether oxygens (including phenoxy) is 2. The summed E-state index contributed by atoms with van der Waals surface area (Å²) in [5, 5.41) is 6.29. The Balaban J connectivity index is 0.00000338. The van der Waals surface area contributed by atoms with Crippen molar-refractivity contribution in [3.8, 4) is 11.5 Å². The van der Waals surface area contributed by atoms with E-state index >= 15 is 0 Å². The standard InChI is InChI=1S/C19H24FN3O2.HI/c1-3-24-18-10-9-15(13-17(18)20)14-23-19(21-2)22-11-12-25-16-7-5-4-6-8-16;/h4-10,13H,3,11-12,14H2,1-2H3,(H2,21,22,23);1H. The van der Waals surface area contributed by atoms with Gasteiger partial charge in [0.1, 0.15) is 12.4 Å². The predicted molar refractivity (Wildman–Crippen MR) is 113 cm³/mol. The Morgan fingerprint density at radius 2 is 1.85 bits per heavy atom. The summed E-state index contributed by atoms with van der Waals surface area (Å²) < 4.78 is 24.6. The van der Waals surface area contributed by atoms with Gasteiger partial charge in [-0.25, -0.2) is 4.39 Å². The average Bonchev–Trinajstić information content (AvgIpc) is 2.64. The van der Waals surface area contributed by atoms with Crippen LogP contribution in [0.15, 0.2) is 53.5 Å². The molecule has 0 radical (unpaired) electrons. The van der Waals surface area contributed by atoms with E-state index in [9.17, 15) is 4.39 Å². The van der Waals surface area contributed by atoms with E-state index in [2.05, 4.69) is 15.6 Å². The quantitative estimate of drug-likeness (QED) is 0.267. The molecule has 0 fully saturated rings. The van der Waals surface area contributed by atoms with Crippen molar-refractivity contribution in [2.45, 2.75) is 13.5 Å². The third-order valence-corrected chi connectivity index (χ3v) is 3.39. The number of para-hydroxylation sites is 1. The number of rotatable bonds is 8. The molecule has 0 bridgehead atoms. The van der Waals surface area contributed by atoms with E-state index in [0.29, 0.717) is 32.3 Å². The normalized spacial score (nSPS) is 10.7. The Morgan fingerprint density at radius 1 is 1.08 bits per heavy atom. The number of benzene rings is 2. The molecule has 0 unspecified atom stereocenters. The molecule has 2 N–H and O–H groups in total. The number of hydrogen-bond acceptors (Lipinski definition) is 3. The van der Waals surface area contributed by atoms with Gasteiger partial charge in [0, 0.05) is 13.6 Å². The van der Waals surface area contributed by atoms with E-state index < -0.39 is 0 Å². The lowest BCUT2D eigenvalue weighted by Crippen LogP contribution is -2.38. The largest absolute Gasteiger partial charge is 0.492 e. The number of nitrogens with zero attached hydrogens (tertiary/aromatic N) is 1. The van der Waals surface area contributed by atoms with Gasteiger partial charge < -0.3 is 20.1 Å². The molecule has 0 aliphatic carbocycles. The minimum absolute atomic E-state index is 0. The summed E-state index contributed by atoms with van der Waals surface area (Å²) in [6.45, 7) is 3.85. The molecule has 0 aliphatic heterocycles. The second-order valence-electron chi connectivity index (χ2n) is 5.21. The molecule has 26 heavy (non-hydrogen) atoms. The number of aliphatic imine (C=N–C) groups is 1. The fourth-order valence-corrected chi connectivity index (χ4v) is 2.19. The van der Waals surface area contributed by atoms with Gasteiger partial charge in [0.05, 0.1) is 13.2 Å². The van der Waals surface area contributed by atoms with Crippen LogP contribution in [0.25, 0.3) is 0 Å².